The summed E-state index contributed by atoms with van der Waals surface area (Å²) in [5.41, 5.74) is 5.23. The first-order valence-corrected chi connectivity index (χ1v) is 8.27. The standard InChI is InChI=1S/C17H25N3O2/c1-11(2)6-14(18)17(22)19-8-12-7-13(10-19)15-4-3-5-16(21)20(15)9-12/h3-5,11-14H,6-10,18H2,1-2H3/p+1/t12-,13+,14+/m1/s1. The lowest BCUT2D eigenvalue weighted by molar-refractivity contribution is -0.408. The van der Waals surface area contributed by atoms with E-state index in [4.69, 9.17) is 0 Å². The predicted molar refractivity (Wildman–Crippen MR) is 84.3 cm³/mol. The molecule has 3 rings (SSSR count). The van der Waals surface area contributed by atoms with Gasteiger partial charge in [-0.25, -0.2) is 0 Å². The van der Waals surface area contributed by atoms with Gasteiger partial charge in [0.25, 0.3) is 11.5 Å². The molecule has 3 heterocycles. The molecule has 22 heavy (non-hydrogen) atoms. The van der Waals surface area contributed by atoms with Crippen LogP contribution in [0.2, 0.25) is 0 Å². The summed E-state index contributed by atoms with van der Waals surface area (Å²) in [4.78, 5) is 26.6. The van der Waals surface area contributed by atoms with Crippen molar-refractivity contribution >= 4 is 5.91 Å². The zero-order valence-corrected chi connectivity index (χ0v) is 13.5. The first-order chi connectivity index (χ1) is 10.5. The number of hydrogen-bond acceptors (Lipinski definition) is 2. The van der Waals surface area contributed by atoms with Gasteiger partial charge in [-0.15, -0.1) is 0 Å². The van der Waals surface area contributed by atoms with Crippen molar-refractivity contribution in [3.05, 3.63) is 34.2 Å². The van der Waals surface area contributed by atoms with Gasteiger partial charge in [0, 0.05) is 43.7 Å². The number of rotatable bonds is 3. The fourth-order valence-electron chi connectivity index (χ4n) is 4.00. The molecule has 1 fully saturated rings. The van der Waals surface area contributed by atoms with Gasteiger partial charge in [0.15, 0.2) is 6.04 Å². The summed E-state index contributed by atoms with van der Waals surface area (Å²) in [5, 5.41) is 0. The molecule has 120 valence electrons. The highest BCUT2D eigenvalue weighted by Gasteiger charge is 2.38. The summed E-state index contributed by atoms with van der Waals surface area (Å²) >= 11 is 0. The van der Waals surface area contributed by atoms with Crippen LogP contribution in [0.25, 0.3) is 0 Å². The number of quaternary nitrogens is 1. The molecule has 3 atom stereocenters. The third-order valence-corrected chi connectivity index (χ3v) is 4.90. The van der Waals surface area contributed by atoms with Gasteiger partial charge in [-0.1, -0.05) is 19.9 Å². The van der Waals surface area contributed by atoms with Crippen molar-refractivity contribution in [1.29, 1.82) is 0 Å². The molecular weight excluding hydrogens is 278 g/mol. The highest BCUT2D eigenvalue weighted by atomic mass is 16.2. The monoisotopic (exact) mass is 304 g/mol. The molecule has 0 spiro atoms. The van der Waals surface area contributed by atoms with E-state index in [1.54, 1.807) is 6.07 Å². The van der Waals surface area contributed by atoms with Crippen LogP contribution < -0.4 is 11.3 Å². The molecule has 1 aromatic heterocycles. The van der Waals surface area contributed by atoms with Crippen molar-refractivity contribution in [3.63, 3.8) is 0 Å². The van der Waals surface area contributed by atoms with Gasteiger partial charge in [-0.05, 0) is 24.3 Å². The number of nitrogens with zero attached hydrogens (tertiary/aromatic N) is 2. The number of carbonyl (C=O) groups is 1. The van der Waals surface area contributed by atoms with Crippen molar-refractivity contribution in [2.45, 2.75) is 45.2 Å². The molecule has 3 N–H and O–H groups in total. The van der Waals surface area contributed by atoms with E-state index >= 15 is 0 Å². The van der Waals surface area contributed by atoms with E-state index in [9.17, 15) is 9.59 Å². The van der Waals surface area contributed by atoms with Crippen molar-refractivity contribution < 1.29 is 10.5 Å². The van der Waals surface area contributed by atoms with Crippen LogP contribution in [-0.2, 0) is 11.3 Å². The maximum Gasteiger partial charge on any atom is 0.280 e. The van der Waals surface area contributed by atoms with Crippen LogP contribution in [0.15, 0.2) is 23.0 Å². The fraction of sp³-hybridized carbons (Fsp3) is 0.647. The largest absolute Gasteiger partial charge is 0.347 e. The van der Waals surface area contributed by atoms with Crippen LogP contribution in [0.3, 0.4) is 0 Å². The van der Waals surface area contributed by atoms with Crippen molar-refractivity contribution in [1.82, 2.24) is 9.47 Å². The molecule has 0 aromatic carbocycles. The van der Waals surface area contributed by atoms with E-state index in [2.05, 4.69) is 19.6 Å². The third kappa shape index (κ3) is 2.82. The Hall–Kier alpha value is -1.62. The minimum Gasteiger partial charge on any atom is -0.347 e. The van der Waals surface area contributed by atoms with Crippen LogP contribution in [0.4, 0.5) is 0 Å². The molecule has 0 unspecified atom stereocenters. The summed E-state index contributed by atoms with van der Waals surface area (Å²) in [6, 6.07) is 5.34. The molecule has 0 radical (unpaired) electrons. The second-order valence-electron chi connectivity index (χ2n) is 7.27. The van der Waals surface area contributed by atoms with Crippen LogP contribution in [-0.4, -0.2) is 34.5 Å². The molecule has 5 nitrogen and oxygen atoms in total. The van der Waals surface area contributed by atoms with Crippen LogP contribution in [0.5, 0.6) is 0 Å². The quantitative estimate of drug-likeness (QED) is 0.881. The van der Waals surface area contributed by atoms with Gasteiger partial charge in [-0.2, -0.15) is 0 Å². The van der Waals surface area contributed by atoms with E-state index in [0.717, 1.165) is 38.2 Å². The Morgan fingerprint density at radius 3 is 2.82 bits per heavy atom. The van der Waals surface area contributed by atoms with Gasteiger partial charge in [-0.3, -0.25) is 9.59 Å². The Labute approximate surface area is 131 Å². The number of pyridine rings is 1. The molecule has 2 aliphatic rings. The first kappa shape index (κ1) is 15.3. The average Bonchev–Trinajstić information content (AvgIpc) is 2.46. The van der Waals surface area contributed by atoms with E-state index in [-0.39, 0.29) is 23.4 Å². The molecule has 0 aliphatic carbocycles. The molecule has 2 aliphatic heterocycles. The smallest absolute Gasteiger partial charge is 0.280 e. The van der Waals surface area contributed by atoms with Crippen LogP contribution in [0.1, 0.15) is 38.3 Å². The normalized spacial score (nSPS) is 25.0. The number of fused-ring (bicyclic) bond motifs is 4. The second-order valence-corrected chi connectivity index (χ2v) is 7.27. The minimum absolute atomic E-state index is 0.0850. The van der Waals surface area contributed by atoms with Gasteiger partial charge in [0.1, 0.15) is 0 Å². The highest BCUT2D eigenvalue weighted by molar-refractivity contribution is 5.80. The van der Waals surface area contributed by atoms with Gasteiger partial charge in [0.05, 0.1) is 0 Å². The number of aromatic nitrogens is 1. The fourth-order valence-corrected chi connectivity index (χ4v) is 4.00. The van der Waals surface area contributed by atoms with Crippen molar-refractivity contribution in [3.8, 4) is 0 Å². The number of likely N-dealkylation sites (tertiary alicyclic amines) is 1. The number of hydrogen-bond donors (Lipinski definition) is 1. The minimum atomic E-state index is -0.156. The molecule has 1 saturated heterocycles. The Bertz CT molecular complexity index is 623. The average molecular weight is 304 g/mol. The van der Waals surface area contributed by atoms with Crippen LogP contribution in [0, 0.1) is 11.8 Å². The Morgan fingerprint density at radius 1 is 1.32 bits per heavy atom. The third-order valence-electron chi connectivity index (χ3n) is 4.90. The van der Waals surface area contributed by atoms with Gasteiger partial charge in [0.2, 0.25) is 0 Å². The Balaban J connectivity index is 1.79. The number of amides is 1. The lowest BCUT2D eigenvalue weighted by Crippen LogP contribution is -2.69. The molecular formula is C17H26N3O2+. The number of carbonyl (C=O) groups excluding carboxylic acids is 1. The molecule has 2 bridgehead atoms. The summed E-state index contributed by atoms with van der Waals surface area (Å²) in [5.74, 6) is 1.34. The van der Waals surface area contributed by atoms with Crippen molar-refractivity contribution in [2.24, 2.45) is 11.8 Å². The maximum atomic E-state index is 12.6. The predicted octanol–water partition coefficient (Wildman–Crippen LogP) is 0.451. The molecule has 0 saturated carbocycles. The summed E-state index contributed by atoms with van der Waals surface area (Å²) < 4.78 is 1.90. The Kier molecular flexibility index (Phi) is 4.08. The SMILES string of the molecule is CC(C)C[C@H]([NH3+])C(=O)N1C[C@H]2C[C@@H](C1)c1cccc(=O)n1C2. The topological polar surface area (TPSA) is 70.0 Å². The number of piperidine rings is 1. The van der Waals surface area contributed by atoms with Crippen LogP contribution >= 0.6 is 0 Å². The lowest BCUT2D eigenvalue weighted by atomic mass is 9.83. The van der Waals surface area contributed by atoms with Crippen molar-refractivity contribution in [2.75, 3.05) is 13.1 Å². The molecule has 1 amide bonds. The van der Waals surface area contributed by atoms with Gasteiger partial charge >= 0.3 is 0 Å². The summed E-state index contributed by atoms with van der Waals surface area (Å²) in [7, 11) is 0. The lowest BCUT2D eigenvalue weighted by Gasteiger charge is -2.43. The molecule has 1 aromatic rings. The summed E-state index contributed by atoms with van der Waals surface area (Å²) in [6.45, 7) is 6.47. The summed E-state index contributed by atoms with van der Waals surface area (Å²) in [6.07, 6.45) is 1.92. The van der Waals surface area contributed by atoms with Gasteiger partial charge < -0.3 is 15.2 Å². The van der Waals surface area contributed by atoms with E-state index in [1.807, 2.05) is 21.6 Å². The van der Waals surface area contributed by atoms with E-state index < -0.39 is 0 Å². The van der Waals surface area contributed by atoms with E-state index in [1.165, 1.54) is 0 Å². The maximum absolute atomic E-state index is 12.6. The highest BCUT2D eigenvalue weighted by Crippen LogP contribution is 2.35. The first-order valence-electron chi connectivity index (χ1n) is 8.27. The Morgan fingerprint density at radius 2 is 2.09 bits per heavy atom. The molecule has 5 heteroatoms. The zero-order chi connectivity index (χ0) is 15.9. The second kappa shape index (κ2) is 5.88. The zero-order valence-electron chi connectivity index (χ0n) is 13.5. The van der Waals surface area contributed by atoms with E-state index in [0.29, 0.717) is 11.8 Å².